The largest absolute Gasteiger partial charge is 0.481 e. The van der Waals surface area contributed by atoms with Gasteiger partial charge in [0.1, 0.15) is 164 Å². The van der Waals surface area contributed by atoms with Crippen LogP contribution >= 0.6 is 0 Å². The summed E-state index contributed by atoms with van der Waals surface area (Å²) in [4.78, 5) is 267. The minimum atomic E-state index is -2.34. The van der Waals surface area contributed by atoms with E-state index in [-0.39, 0.29) is 71.1 Å². The monoisotopic (exact) mass is 2150 g/mol. The number of imidazole rings is 1. The summed E-state index contributed by atoms with van der Waals surface area (Å²) in [5.41, 5.74) is 17.8. The molecular weight excluding hydrogens is 2000 g/mol. The van der Waals surface area contributed by atoms with Crippen LogP contribution in [0.5, 0.6) is 0 Å². The lowest BCUT2D eigenvalue weighted by Crippen LogP contribution is -2.70. The topological polar surface area (TPSA) is 941 Å². The van der Waals surface area contributed by atoms with Crippen molar-refractivity contribution in [1.29, 1.82) is 0 Å². The third-order valence-corrected chi connectivity index (χ3v) is 26.0. The number of hydrogen-bond donors (Lipinski definition) is 31. The van der Waals surface area contributed by atoms with E-state index < -0.39 is 385 Å². The Hall–Kier alpha value is -11.9. The molecule has 62 nitrogen and oxygen atoms in total. The fraction of sp³-hybridized carbons (Fsp3) is 0.750. The number of nitrogens with two attached hydrogens (primary N) is 3. The summed E-state index contributed by atoms with van der Waals surface area (Å²) in [6.07, 6.45) is -35.7. The number of aliphatic imine (C=N–C) groups is 1. The molecule has 8 rings (SSSR count). The maximum Gasteiger partial charge on any atom is 0.305 e. The number of hydrogen-bond acceptors (Lipinski definition) is 41. The number of rotatable bonds is 51. The number of H-pyrrole nitrogens is 1. The summed E-state index contributed by atoms with van der Waals surface area (Å²) < 4.78 is 48.0. The number of carbonyl (C=O) groups excluding carboxylic acids is 17. The van der Waals surface area contributed by atoms with Gasteiger partial charge in [-0.25, -0.2) is 4.98 Å². The molecule has 34 N–H and O–H groups in total. The van der Waals surface area contributed by atoms with E-state index in [1.165, 1.54) is 45.2 Å². The molecule has 0 saturated carbocycles. The first-order chi connectivity index (χ1) is 70.8. The highest BCUT2D eigenvalue weighted by Crippen LogP contribution is 2.35. The predicted octanol–water partition coefficient (Wildman–Crippen LogP) is -18.2. The van der Waals surface area contributed by atoms with Gasteiger partial charge in [0, 0.05) is 72.3 Å². The smallest absolute Gasteiger partial charge is 0.305 e. The van der Waals surface area contributed by atoms with Gasteiger partial charge in [0.15, 0.2) is 31.1 Å². The quantitative estimate of drug-likeness (QED) is 0.0164. The molecule has 0 radical (unpaired) electrons. The van der Waals surface area contributed by atoms with Gasteiger partial charge < -0.3 is 216 Å². The molecule has 150 heavy (non-hydrogen) atoms. The standard InChI is InChI=1S/C88H143N23O39/c1-34(2)57(106-55(121)27-95-72(131)43(89)23-42-25-93-33-97-42)78(137)108-59(38(6)144-86-62(102-41(9)119)71(66(127)53(32-116)147-86)150-87-69(130)68(129)64(125)51(30-114)148-87)80(139)105-46(28-112)74(133)98-35(3)81(140)110-21-13-18-49(110)77(136)104-45(24-56(122)123)73(132)107-58(37(5)143-85-61(101-40(8)118)70(65(126)52(31-115)146-85)149-84-60(100-39(7)117)67(128)63(124)50(29-113)145-84)79(138)103-44(15-11-19-94-88(90)91)83(142)111-22-14-17-48(111)76(135)99-36(4)82(141)109-20-12-16-47(109)75(134)96-26-54(120)92-10/h25,33-38,43-53,57-71,84-87,112-116,124-130H,11-24,26-32,89H2,1-10H3,(H,92,120)(H,93,97)(H,95,131)(H,96,134)(H,98,133)(H,99,135)(H,100,117)(H,101,118)(H,102,119)(H,103,138)(H,104,136)(H,105,139)(H,106,121)(H,107,132)(H,108,137)(H,122,123)(H4,90,91,94)/t35?,36?,37?,38?,43?,44?,45?,46?,47?,48?,49?,50-,51-,52-,53-,57?,58?,59?,60?,61?,62?,63+,64-,65-,66-,67?,68?,69?,70?,71?,84-,85-,86-,87-/m0/s1. The van der Waals surface area contributed by atoms with E-state index in [1.54, 1.807) is 0 Å². The number of carbonyl (C=O) groups is 18. The summed E-state index contributed by atoms with van der Waals surface area (Å²) in [5.74, 6) is -20.7. The van der Waals surface area contributed by atoms with Crippen molar-refractivity contribution in [2.24, 2.45) is 28.1 Å². The molecule has 62 heteroatoms. The molecule has 17 amide bonds. The van der Waals surface area contributed by atoms with E-state index in [1.807, 2.05) is 0 Å². The highest BCUT2D eigenvalue weighted by Gasteiger charge is 2.57. The Bertz CT molecular complexity index is 4820. The van der Waals surface area contributed by atoms with E-state index in [4.69, 9.17) is 55.1 Å². The molecule has 0 aromatic carbocycles. The zero-order valence-electron chi connectivity index (χ0n) is 84.1. The van der Waals surface area contributed by atoms with Crippen LogP contribution in [0, 0.1) is 5.92 Å². The number of aliphatic carboxylic acids is 1. The van der Waals surface area contributed by atoms with Crippen LogP contribution in [-0.4, -0.2) is 490 Å². The SMILES string of the molecule is CNC(=O)CNC(=O)C1CCCN1C(=O)C(C)NC(=O)C1CCCN1C(=O)C(CCCN=C(N)N)NC(=O)C(NC(=O)C(CC(=O)O)NC(=O)C1CCCN1C(=O)C(C)NC(=O)C(CO)NC(=O)C(NC(=O)C(NC(=O)CNC(=O)C(N)Cc1cnc[nH]1)C(C)C)C(C)O[C@H]1O[C@@H](CO)[C@H](O)C(O[C@@H]2O[C@@H](CO)[C@H](O)C(O)C2O)C1NC(C)=O)C(C)O[C@H]1O[C@@H](CO)[C@H](O)C(O[C@@H]2O[C@@H](CO)[C@@H](O)C(O)C2NC(C)=O)C1NC(C)=O. The number of carboxylic acids is 1. The highest BCUT2D eigenvalue weighted by molar-refractivity contribution is 6.01. The number of ether oxygens (including phenoxy) is 8. The summed E-state index contributed by atoms with van der Waals surface area (Å²) in [6, 6.07) is -26.3. The molecule has 22 unspecified atom stereocenters. The van der Waals surface area contributed by atoms with Crippen molar-refractivity contribution in [3.63, 3.8) is 0 Å². The lowest BCUT2D eigenvalue weighted by molar-refractivity contribution is -0.347. The molecule has 1 aromatic rings. The zero-order valence-corrected chi connectivity index (χ0v) is 84.1. The molecule has 34 atom stereocenters. The Balaban J connectivity index is 1.08. The fourth-order valence-corrected chi connectivity index (χ4v) is 18.1. The number of amides is 17. The van der Waals surface area contributed by atoms with Gasteiger partial charge in [-0.05, 0) is 85.0 Å². The lowest BCUT2D eigenvalue weighted by Gasteiger charge is -2.48. The Kier molecular flexibility index (Phi) is 47.3. The lowest BCUT2D eigenvalue weighted by atomic mass is 9.94. The molecule has 0 aliphatic carbocycles. The maximum absolute atomic E-state index is 15.7. The van der Waals surface area contributed by atoms with Gasteiger partial charge >= 0.3 is 5.97 Å². The van der Waals surface area contributed by atoms with E-state index in [2.05, 4.69) is 89.4 Å². The minimum absolute atomic E-state index is 0.0254. The number of likely N-dealkylation sites (tertiary alicyclic amines) is 3. The molecule has 0 bridgehead atoms. The number of aromatic amines is 1. The maximum atomic E-state index is 15.7. The Labute approximate surface area is 858 Å². The van der Waals surface area contributed by atoms with Gasteiger partial charge in [-0.3, -0.25) is 91.3 Å². The van der Waals surface area contributed by atoms with Crippen LogP contribution in [0.1, 0.15) is 126 Å². The van der Waals surface area contributed by atoms with Gasteiger partial charge in [0.05, 0.1) is 77.1 Å². The molecular formula is C88H143N23O39. The first kappa shape index (κ1) is 123. The number of carboxylic acid groups (broad SMARTS) is 1. The minimum Gasteiger partial charge on any atom is -0.481 e. The number of nitrogens with zero attached hydrogens (tertiary/aromatic N) is 5. The Morgan fingerprint density at radius 3 is 1.38 bits per heavy atom. The van der Waals surface area contributed by atoms with Crippen LogP contribution in [0.25, 0.3) is 0 Å². The van der Waals surface area contributed by atoms with E-state index in [0.717, 1.165) is 51.3 Å². The van der Waals surface area contributed by atoms with Gasteiger partial charge in [-0.1, -0.05) is 13.8 Å². The van der Waals surface area contributed by atoms with Crippen molar-refractivity contribution in [2.75, 3.05) is 79.4 Å². The van der Waals surface area contributed by atoms with Gasteiger partial charge in [-0.15, -0.1) is 0 Å². The fourth-order valence-electron chi connectivity index (χ4n) is 18.1. The van der Waals surface area contributed by atoms with Crippen LogP contribution in [0.4, 0.5) is 0 Å². The number of guanidine groups is 1. The summed E-state index contributed by atoms with van der Waals surface area (Å²) in [6.45, 7) is 3.12. The van der Waals surface area contributed by atoms with Gasteiger partial charge in [-0.2, -0.15) is 0 Å². The van der Waals surface area contributed by atoms with Crippen LogP contribution in [0.15, 0.2) is 17.5 Å². The summed E-state index contributed by atoms with van der Waals surface area (Å²) in [5, 5.41) is 175. The van der Waals surface area contributed by atoms with Crippen LogP contribution in [0.2, 0.25) is 0 Å². The summed E-state index contributed by atoms with van der Waals surface area (Å²) in [7, 11) is 1.35. The second-order valence-corrected chi connectivity index (χ2v) is 37.6. The Morgan fingerprint density at radius 2 is 0.907 bits per heavy atom. The molecule has 8 heterocycles. The number of nitrogens with one attached hydrogen (secondary N) is 15. The second kappa shape index (κ2) is 57.5. The molecule has 7 saturated heterocycles. The van der Waals surface area contributed by atoms with Crippen molar-refractivity contribution in [3.05, 3.63) is 18.2 Å². The average Bonchev–Trinajstić information content (AvgIpc) is 1.34. The van der Waals surface area contributed by atoms with E-state index >= 15 is 19.2 Å². The second-order valence-electron chi connectivity index (χ2n) is 37.6. The van der Waals surface area contributed by atoms with E-state index in [0.29, 0.717) is 12.1 Å². The number of aliphatic hydroxyl groups excluding tert-OH is 12. The van der Waals surface area contributed by atoms with Gasteiger partial charge in [0.2, 0.25) is 100 Å². The highest BCUT2D eigenvalue weighted by atomic mass is 16.7. The molecule has 844 valence electrons. The summed E-state index contributed by atoms with van der Waals surface area (Å²) >= 11 is 0. The van der Waals surface area contributed by atoms with Crippen molar-refractivity contribution >= 4 is 112 Å². The molecule has 7 aliphatic rings. The number of aromatic nitrogens is 2. The average molecular weight is 2150 g/mol. The van der Waals surface area contributed by atoms with Crippen molar-refractivity contribution in [1.82, 2.24) is 99.1 Å². The van der Waals surface area contributed by atoms with Crippen molar-refractivity contribution in [3.8, 4) is 0 Å². The number of aliphatic hydroxyl groups is 12. The Morgan fingerprint density at radius 1 is 0.473 bits per heavy atom. The third kappa shape index (κ3) is 33.1. The first-order valence-electron chi connectivity index (χ1n) is 48.8. The molecule has 7 aliphatic heterocycles. The van der Waals surface area contributed by atoms with Crippen LogP contribution in [0.3, 0.4) is 0 Å². The first-order valence-corrected chi connectivity index (χ1v) is 48.8. The molecule has 7 fully saturated rings. The van der Waals surface area contributed by atoms with E-state index in [9.17, 15) is 134 Å². The normalized spacial score (nSPS) is 28.9. The third-order valence-electron chi connectivity index (χ3n) is 26.0. The van der Waals surface area contributed by atoms with Gasteiger partial charge in [0.25, 0.3) is 0 Å². The molecule has 1 aromatic heterocycles. The molecule has 0 spiro atoms. The van der Waals surface area contributed by atoms with Crippen molar-refractivity contribution in [2.45, 2.75) is 334 Å². The van der Waals surface area contributed by atoms with Crippen molar-refractivity contribution < 1.29 is 191 Å². The number of likely N-dealkylation sites (N-methyl/N-ethyl adjacent to an activating group) is 1. The zero-order chi connectivity index (χ0) is 111. The predicted molar refractivity (Wildman–Crippen MR) is 504 cm³/mol. The van der Waals surface area contributed by atoms with Crippen LogP contribution < -0.4 is 91.6 Å². The van der Waals surface area contributed by atoms with Crippen LogP contribution in [-0.2, 0) is 131 Å².